The molecular weight excluding hydrogens is 132 g/mol. The fourth-order valence-corrected chi connectivity index (χ4v) is 0.400. The molecule has 0 saturated heterocycles. The van der Waals surface area contributed by atoms with E-state index in [4.69, 9.17) is 4.55 Å². The van der Waals surface area contributed by atoms with Gasteiger partial charge in [0.1, 0.15) is 6.61 Å². The van der Waals surface area contributed by atoms with Gasteiger partial charge in [0.2, 0.25) is 0 Å². The molecule has 0 aromatic rings. The maximum atomic E-state index is 9.98. The summed E-state index contributed by atoms with van der Waals surface area (Å²) < 4.78 is 21.5. The third kappa shape index (κ3) is 5.74. The molecule has 0 rings (SSSR count). The van der Waals surface area contributed by atoms with E-state index in [1.54, 1.807) is 0 Å². The summed E-state index contributed by atoms with van der Waals surface area (Å²) in [6, 6.07) is 0. The Hall–Kier alpha value is -0.260. The topological polar surface area (TPSA) is 63.6 Å². The van der Waals surface area contributed by atoms with Crippen molar-refractivity contribution in [2.24, 2.45) is 0 Å². The zero-order valence-electron chi connectivity index (χ0n) is 4.29. The van der Waals surface area contributed by atoms with E-state index in [1.165, 1.54) is 6.92 Å². The fourth-order valence-electron chi connectivity index (χ4n) is 0.133. The summed E-state index contributed by atoms with van der Waals surface area (Å²) in [6.07, 6.45) is 0. The zero-order valence-corrected chi connectivity index (χ0v) is 5.10. The normalized spacial score (nSPS) is 13.2. The van der Waals surface area contributed by atoms with Gasteiger partial charge in [0.15, 0.2) is 5.78 Å². The molecule has 0 aromatic heterocycles. The Morgan fingerprint density at radius 3 is 2.50 bits per heavy atom. The van der Waals surface area contributed by atoms with Gasteiger partial charge in [-0.1, -0.05) is 0 Å². The second-order valence-corrected chi connectivity index (χ2v) is 1.85. The van der Waals surface area contributed by atoms with Crippen LogP contribution >= 0.6 is 0 Å². The minimum atomic E-state index is -2.31. The van der Waals surface area contributed by atoms with Crippen LogP contribution in [0, 0.1) is 0 Å². The van der Waals surface area contributed by atoms with Gasteiger partial charge in [-0.25, -0.2) is 0 Å². The van der Waals surface area contributed by atoms with Crippen molar-refractivity contribution >= 4 is 17.1 Å². The molecule has 1 atom stereocenters. The lowest BCUT2D eigenvalue weighted by Gasteiger charge is -1.89. The van der Waals surface area contributed by atoms with Crippen LogP contribution in [0.1, 0.15) is 6.92 Å². The molecule has 0 aromatic carbocycles. The smallest absolute Gasteiger partial charge is 0.297 e. The summed E-state index contributed by atoms with van der Waals surface area (Å²) in [6.45, 7) is 0.968. The van der Waals surface area contributed by atoms with Crippen LogP contribution in [0.5, 0.6) is 0 Å². The van der Waals surface area contributed by atoms with Crippen LogP contribution in [-0.2, 0) is 20.3 Å². The minimum absolute atomic E-state index is 0.271. The first-order valence-corrected chi connectivity index (χ1v) is 2.89. The van der Waals surface area contributed by atoms with Crippen molar-refractivity contribution in [2.45, 2.75) is 6.92 Å². The molecule has 0 aliphatic rings. The van der Waals surface area contributed by atoms with E-state index in [2.05, 4.69) is 4.18 Å². The molecule has 0 amide bonds. The van der Waals surface area contributed by atoms with Crippen LogP contribution in [0.25, 0.3) is 0 Å². The lowest BCUT2D eigenvalue weighted by Crippen LogP contribution is -2.04. The number of ketones is 1. The average molecular weight is 138 g/mol. The molecule has 0 heterocycles. The van der Waals surface area contributed by atoms with Crippen molar-refractivity contribution in [1.29, 1.82) is 0 Å². The molecule has 4 nitrogen and oxygen atoms in total. The molecule has 1 unspecified atom stereocenters. The predicted octanol–water partition coefficient (Wildman–Crippen LogP) is -0.271. The highest BCUT2D eigenvalue weighted by Crippen LogP contribution is 1.78. The SMILES string of the molecule is CC(=O)COS(=O)O. The van der Waals surface area contributed by atoms with Gasteiger partial charge >= 0.3 is 11.4 Å². The van der Waals surface area contributed by atoms with E-state index < -0.39 is 11.4 Å². The number of Topliss-reactive ketones (excluding diaryl/α,β-unsaturated/α-hetero) is 1. The van der Waals surface area contributed by atoms with Crippen LogP contribution in [0.15, 0.2) is 0 Å². The molecular formula is C3H6O4S. The van der Waals surface area contributed by atoms with Crippen LogP contribution in [0.3, 0.4) is 0 Å². The molecule has 0 bridgehead atoms. The zero-order chi connectivity index (χ0) is 6.57. The van der Waals surface area contributed by atoms with Crippen LogP contribution in [-0.4, -0.2) is 21.2 Å². The summed E-state index contributed by atoms with van der Waals surface area (Å²) in [4.78, 5) is 9.98. The summed E-state index contributed by atoms with van der Waals surface area (Å²) in [7, 11) is 0. The Morgan fingerprint density at radius 2 is 2.38 bits per heavy atom. The van der Waals surface area contributed by atoms with Gasteiger partial charge in [0.05, 0.1) is 0 Å². The Labute approximate surface area is 49.3 Å². The van der Waals surface area contributed by atoms with Crippen molar-refractivity contribution in [3.63, 3.8) is 0 Å². The fraction of sp³-hybridized carbons (Fsp3) is 0.667. The van der Waals surface area contributed by atoms with Crippen LogP contribution < -0.4 is 0 Å². The molecule has 0 spiro atoms. The van der Waals surface area contributed by atoms with Crippen molar-refractivity contribution in [3.8, 4) is 0 Å². The van der Waals surface area contributed by atoms with Gasteiger partial charge in [-0.15, -0.1) is 0 Å². The second kappa shape index (κ2) is 3.71. The number of rotatable bonds is 3. The standard InChI is InChI=1S/C3H6O4S/c1-3(4)2-7-8(5)6/h2H2,1H3,(H,5,6). The van der Waals surface area contributed by atoms with E-state index in [0.29, 0.717) is 0 Å². The second-order valence-electron chi connectivity index (χ2n) is 1.18. The predicted molar refractivity (Wildman–Crippen MR) is 27.4 cm³/mol. The van der Waals surface area contributed by atoms with E-state index in [-0.39, 0.29) is 12.4 Å². The van der Waals surface area contributed by atoms with Crippen LogP contribution in [0.4, 0.5) is 0 Å². The Balaban J connectivity index is 3.18. The van der Waals surface area contributed by atoms with Gasteiger partial charge in [-0.2, -0.15) is 4.21 Å². The van der Waals surface area contributed by atoms with Crippen molar-refractivity contribution in [1.82, 2.24) is 0 Å². The summed E-state index contributed by atoms with van der Waals surface area (Å²) in [5, 5.41) is 0. The summed E-state index contributed by atoms with van der Waals surface area (Å²) in [5.74, 6) is -0.271. The summed E-state index contributed by atoms with van der Waals surface area (Å²) in [5.41, 5.74) is 0. The molecule has 0 saturated carbocycles. The highest BCUT2D eigenvalue weighted by Gasteiger charge is 1.95. The summed E-state index contributed by atoms with van der Waals surface area (Å²) >= 11 is -2.31. The van der Waals surface area contributed by atoms with E-state index in [9.17, 15) is 9.00 Å². The molecule has 1 N–H and O–H groups in total. The van der Waals surface area contributed by atoms with Gasteiger partial charge in [-0.05, 0) is 6.92 Å². The third-order valence-electron chi connectivity index (χ3n) is 0.363. The van der Waals surface area contributed by atoms with Crippen molar-refractivity contribution < 1.29 is 17.7 Å². The van der Waals surface area contributed by atoms with Crippen molar-refractivity contribution in [3.05, 3.63) is 0 Å². The first-order valence-electron chi connectivity index (χ1n) is 1.86. The number of carbonyl (C=O) groups excluding carboxylic acids is 1. The van der Waals surface area contributed by atoms with Crippen molar-refractivity contribution in [2.75, 3.05) is 6.61 Å². The maximum absolute atomic E-state index is 9.98. The van der Waals surface area contributed by atoms with E-state index >= 15 is 0 Å². The molecule has 0 aliphatic carbocycles. The molecule has 8 heavy (non-hydrogen) atoms. The molecule has 48 valence electrons. The highest BCUT2D eigenvalue weighted by molar-refractivity contribution is 7.74. The molecule has 0 aliphatic heterocycles. The van der Waals surface area contributed by atoms with Gasteiger partial charge < -0.3 is 0 Å². The average Bonchev–Trinajstić information content (AvgIpc) is 1.61. The van der Waals surface area contributed by atoms with Crippen LogP contribution in [0.2, 0.25) is 0 Å². The quantitative estimate of drug-likeness (QED) is 0.545. The molecule has 0 fully saturated rings. The highest BCUT2D eigenvalue weighted by atomic mass is 32.2. The van der Waals surface area contributed by atoms with Gasteiger partial charge in [0, 0.05) is 0 Å². The number of hydrogen-bond donors (Lipinski definition) is 1. The monoisotopic (exact) mass is 138 g/mol. The van der Waals surface area contributed by atoms with E-state index in [0.717, 1.165) is 0 Å². The van der Waals surface area contributed by atoms with Gasteiger partial charge in [-0.3, -0.25) is 13.5 Å². The molecule has 0 radical (unpaired) electrons. The largest absolute Gasteiger partial charge is 0.302 e. The Bertz CT molecular complexity index is 95.9. The minimum Gasteiger partial charge on any atom is -0.297 e. The number of hydrogen-bond acceptors (Lipinski definition) is 3. The lowest BCUT2D eigenvalue weighted by molar-refractivity contribution is -0.118. The molecule has 5 heteroatoms. The first kappa shape index (κ1) is 7.74. The Morgan fingerprint density at radius 1 is 1.88 bits per heavy atom. The van der Waals surface area contributed by atoms with E-state index in [1.807, 2.05) is 0 Å². The maximum Gasteiger partial charge on any atom is 0.302 e. The third-order valence-corrected chi connectivity index (χ3v) is 0.682. The Kier molecular flexibility index (Phi) is 3.59. The number of carbonyl (C=O) groups is 1. The first-order chi connectivity index (χ1) is 3.63. The lowest BCUT2D eigenvalue weighted by atomic mass is 10.5. The van der Waals surface area contributed by atoms with Gasteiger partial charge in [0.25, 0.3) is 0 Å².